The molecular formula is C26H30O9. The van der Waals surface area contributed by atoms with E-state index in [4.69, 9.17) is 18.6 Å². The van der Waals surface area contributed by atoms with E-state index >= 15 is 0 Å². The Morgan fingerprint density at radius 3 is 2.46 bits per heavy atom. The van der Waals surface area contributed by atoms with Crippen LogP contribution in [0.2, 0.25) is 0 Å². The van der Waals surface area contributed by atoms with E-state index in [0.29, 0.717) is 12.8 Å². The monoisotopic (exact) mass is 486 g/mol. The molecule has 1 aromatic rings. The lowest BCUT2D eigenvalue weighted by molar-refractivity contribution is -0.338. The Kier molecular flexibility index (Phi) is 3.78. The zero-order valence-corrected chi connectivity index (χ0v) is 20.0. The predicted octanol–water partition coefficient (Wildman–Crippen LogP) is 2.05. The zero-order chi connectivity index (χ0) is 24.8. The van der Waals surface area contributed by atoms with Gasteiger partial charge in [-0.2, -0.15) is 0 Å². The molecule has 6 aliphatic rings. The van der Waals surface area contributed by atoms with Gasteiger partial charge in [0.2, 0.25) is 5.79 Å². The number of carbonyl (C=O) groups excluding carboxylic acids is 3. The minimum atomic E-state index is -2.21. The first-order valence-electron chi connectivity index (χ1n) is 12.4. The van der Waals surface area contributed by atoms with Crippen molar-refractivity contribution >= 4 is 17.7 Å². The Labute approximate surface area is 202 Å². The molecule has 9 unspecified atom stereocenters. The minimum absolute atomic E-state index is 0.0330. The van der Waals surface area contributed by atoms with E-state index in [0.717, 1.165) is 5.56 Å². The van der Waals surface area contributed by atoms with Gasteiger partial charge in [-0.05, 0) is 24.8 Å². The molecule has 9 atom stereocenters. The van der Waals surface area contributed by atoms with Crippen LogP contribution in [0.5, 0.6) is 0 Å². The number of Topliss-reactive ketones (excluding diaryl/α,β-unsaturated/α-hetero) is 1. The molecule has 7 rings (SSSR count). The third-order valence-electron chi connectivity index (χ3n) is 11.0. The summed E-state index contributed by atoms with van der Waals surface area (Å²) in [5, 5.41) is 24.3. The molecule has 9 nitrogen and oxygen atoms in total. The van der Waals surface area contributed by atoms with Crippen molar-refractivity contribution in [1.82, 2.24) is 0 Å². The van der Waals surface area contributed by atoms with Crippen LogP contribution in [0.15, 0.2) is 23.0 Å². The van der Waals surface area contributed by atoms with E-state index in [-0.39, 0.29) is 31.8 Å². The summed E-state index contributed by atoms with van der Waals surface area (Å²) in [6, 6.07) is 1.78. The van der Waals surface area contributed by atoms with Gasteiger partial charge in [-0.1, -0.05) is 20.8 Å². The van der Waals surface area contributed by atoms with Crippen molar-refractivity contribution in [2.45, 2.75) is 76.0 Å². The maximum Gasteiger partial charge on any atom is 0.306 e. The van der Waals surface area contributed by atoms with Gasteiger partial charge in [0, 0.05) is 34.7 Å². The van der Waals surface area contributed by atoms with Gasteiger partial charge < -0.3 is 28.8 Å². The van der Waals surface area contributed by atoms with E-state index in [9.17, 15) is 24.6 Å². The highest BCUT2D eigenvalue weighted by atomic mass is 16.7. The summed E-state index contributed by atoms with van der Waals surface area (Å²) in [4.78, 5) is 39.3. The number of ether oxygens (including phenoxy) is 3. The maximum atomic E-state index is 13.9. The summed E-state index contributed by atoms with van der Waals surface area (Å²) in [7, 11) is 0. The van der Waals surface area contributed by atoms with Crippen molar-refractivity contribution in [3.63, 3.8) is 0 Å². The fourth-order valence-electron chi connectivity index (χ4n) is 9.67. The molecule has 188 valence electrons. The van der Waals surface area contributed by atoms with E-state index in [2.05, 4.69) is 0 Å². The summed E-state index contributed by atoms with van der Waals surface area (Å²) in [6.45, 7) is 5.41. The molecule has 5 heterocycles. The fourth-order valence-corrected chi connectivity index (χ4v) is 9.67. The van der Waals surface area contributed by atoms with Gasteiger partial charge in [-0.15, -0.1) is 0 Å². The van der Waals surface area contributed by atoms with E-state index in [1.807, 2.05) is 6.92 Å². The molecule has 1 aromatic heterocycles. The molecule has 2 N–H and O–H groups in total. The van der Waals surface area contributed by atoms with Crippen LogP contribution < -0.4 is 0 Å². The zero-order valence-electron chi connectivity index (χ0n) is 20.0. The SMILES string of the molecule is CC1(C)C(=O)C2(O)CC34OC2(O)C2(COC(=O)CC12)C3CCC1(C)C(c2ccoc2)OC(=O)CC14. The number of hydrogen-bond acceptors (Lipinski definition) is 9. The van der Waals surface area contributed by atoms with Crippen molar-refractivity contribution in [1.29, 1.82) is 0 Å². The number of ketones is 1. The van der Waals surface area contributed by atoms with Gasteiger partial charge in [-0.3, -0.25) is 14.4 Å². The van der Waals surface area contributed by atoms with Crippen LogP contribution in [-0.4, -0.2) is 51.5 Å². The highest BCUT2D eigenvalue weighted by Crippen LogP contribution is 2.81. The van der Waals surface area contributed by atoms with Crippen molar-refractivity contribution in [2.24, 2.45) is 34.0 Å². The lowest BCUT2D eigenvalue weighted by Gasteiger charge is -2.67. The fraction of sp³-hybridized carbons (Fsp3) is 0.731. The summed E-state index contributed by atoms with van der Waals surface area (Å²) in [6.07, 6.45) is 3.71. The van der Waals surface area contributed by atoms with Crippen LogP contribution >= 0.6 is 0 Å². The van der Waals surface area contributed by atoms with E-state index in [1.165, 1.54) is 6.26 Å². The predicted molar refractivity (Wildman–Crippen MR) is 115 cm³/mol. The largest absolute Gasteiger partial charge is 0.472 e. The average molecular weight is 487 g/mol. The molecule has 0 amide bonds. The second-order valence-corrected chi connectivity index (χ2v) is 12.5. The molecule has 4 aliphatic heterocycles. The van der Waals surface area contributed by atoms with Crippen LogP contribution in [0.25, 0.3) is 0 Å². The van der Waals surface area contributed by atoms with Crippen LogP contribution in [0.4, 0.5) is 0 Å². The number of rotatable bonds is 1. The van der Waals surface area contributed by atoms with Gasteiger partial charge in [-0.25, -0.2) is 0 Å². The number of furan rings is 1. The molecule has 2 spiro atoms. The Morgan fingerprint density at radius 2 is 1.74 bits per heavy atom. The minimum Gasteiger partial charge on any atom is -0.472 e. The second kappa shape index (κ2) is 6.01. The quantitative estimate of drug-likeness (QED) is 0.572. The standard InChI is InChI=1S/C26H30O9/c1-21(2)15-8-17(27)33-12-23(15)14-4-6-22(3)16(9-18(28)34-19(22)13-5-7-32-10-13)24(14)11-25(30,20(21)29)26(23,31)35-24/h5,7,10,14-16,19,30-31H,4,6,8-9,11-12H2,1-3H3. The van der Waals surface area contributed by atoms with Gasteiger partial charge in [0.15, 0.2) is 11.4 Å². The van der Waals surface area contributed by atoms with Crippen LogP contribution in [-0.2, 0) is 28.6 Å². The van der Waals surface area contributed by atoms with Crippen molar-refractivity contribution in [3.05, 3.63) is 24.2 Å². The number of cyclic esters (lactones) is 2. The molecule has 2 bridgehead atoms. The van der Waals surface area contributed by atoms with Crippen LogP contribution in [0, 0.1) is 34.0 Å². The Bertz CT molecular complexity index is 1170. The normalized spacial score (nSPS) is 53.3. The molecule has 35 heavy (non-hydrogen) atoms. The van der Waals surface area contributed by atoms with E-state index in [1.54, 1.807) is 26.2 Å². The molecule has 0 radical (unpaired) electrons. The van der Waals surface area contributed by atoms with Crippen molar-refractivity contribution in [3.8, 4) is 0 Å². The van der Waals surface area contributed by atoms with E-state index < -0.39 is 68.9 Å². The number of carbonyl (C=O) groups is 3. The average Bonchev–Trinajstić information content (AvgIpc) is 3.46. The van der Waals surface area contributed by atoms with Crippen LogP contribution in [0.3, 0.4) is 0 Å². The topological polar surface area (TPSA) is 132 Å². The van der Waals surface area contributed by atoms with Gasteiger partial charge in [0.1, 0.15) is 12.7 Å². The lowest BCUT2D eigenvalue weighted by Crippen LogP contribution is -2.81. The first-order valence-corrected chi connectivity index (χ1v) is 12.4. The summed E-state index contributed by atoms with van der Waals surface area (Å²) in [5.41, 5.74) is -5.37. The Morgan fingerprint density at radius 1 is 1.00 bits per heavy atom. The number of aliphatic hydroxyl groups is 2. The highest BCUT2D eigenvalue weighted by molar-refractivity contribution is 5.96. The molecular weight excluding hydrogens is 456 g/mol. The molecule has 2 saturated carbocycles. The Hall–Kier alpha value is -2.23. The number of fused-ring (bicyclic) bond motifs is 1. The molecule has 9 heteroatoms. The summed E-state index contributed by atoms with van der Waals surface area (Å²) < 4.78 is 23.3. The Balaban J connectivity index is 1.44. The third-order valence-corrected chi connectivity index (χ3v) is 11.0. The number of esters is 2. The van der Waals surface area contributed by atoms with Crippen molar-refractivity contribution < 1.29 is 43.2 Å². The van der Waals surface area contributed by atoms with Crippen molar-refractivity contribution in [2.75, 3.05) is 6.61 Å². The van der Waals surface area contributed by atoms with Gasteiger partial charge >= 0.3 is 11.9 Å². The molecule has 2 aliphatic carbocycles. The van der Waals surface area contributed by atoms with Gasteiger partial charge in [0.25, 0.3) is 0 Å². The third kappa shape index (κ3) is 2.06. The first-order chi connectivity index (χ1) is 16.4. The first kappa shape index (κ1) is 22.0. The molecule has 0 aromatic carbocycles. The van der Waals surface area contributed by atoms with Gasteiger partial charge in [0.05, 0.1) is 36.4 Å². The molecule has 6 fully saturated rings. The second-order valence-electron chi connectivity index (χ2n) is 12.5. The van der Waals surface area contributed by atoms with Crippen LogP contribution in [0.1, 0.15) is 64.5 Å². The highest BCUT2D eigenvalue weighted by Gasteiger charge is 2.93. The number of hydrogen-bond donors (Lipinski definition) is 2. The smallest absolute Gasteiger partial charge is 0.306 e. The maximum absolute atomic E-state index is 13.9. The molecule has 4 saturated heterocycles. The summed E-state index contributed by atoms with van der Waals surface area (Å²) in [5.74, 6) is -4.84. The summed E-state index contributed by atoms with van der Waals surface area (Å²) >= 11 is 0. The lowest BCUT2D eigenvalue weighted by atomic mass is 9.35.